The van der Waals surface area contributed by atoms with Crippen molar-refractivity contribution in [2.75, 3.05) is 11.9 Å². The summed E-state index contributed by atoms with van der Waals surface area (Å²) in [6.45, 7) is 2.54. The number of rotatable bonds is 6. The lowest BCUT2D eigenvalue weighted by Gasteiger charge is -2.07. The number of nitrogens with one attached hydrogen (secondary N) is 2. The fraction of sp³-hybridized carbons (Fsp3) is 0.0800. The third-order valence-electron chi connectivity index (χ3n) is 4.67. The first-order valence-electron chi connectivity index (χ1n) is 10.3. The minimum Gasteiger partial charge on any atom is -0.494 e. The molecular weight excluding hydrogens is 493 g/mol. The molecule has 6 nitrogen and oxygen atoms in total. The summed E-state index contributed by atoms with van der Waals surface area (Å²) in [6.07, 6.45) is 2.92. The first-order chi connectivity index (χ1) is 16.4. The molecule has 0 spiro atoms. The summed E-state index contributed by atoms with van der Waals surface area (Å²) in [4.78, 5) is 16.8. The number of aromatic nitrogens is 1. The molecule has 3 aromatic carbocycles. The van der Waals surface area contributed by atoms with Gasteiger partial charge in [-0.15, -0.1) is 0 Å². The lowest BCUT2D eigenvalue weighted by molar-refractivity contribution is -0.115. The fourth-order valence-electron chi connectivity index (χ4n) is 3.11. The average Bonchev–Trinajstić information content (AvgIpc) is 3.22. The molecule has 4 aromatic rings. The SMILES string of the molecule is CCOc1ccc(-c2nc3cc(NC(=S)NC(=O)/C=C/c4ccc(Cl)cc4Cl)ccc3o2)cc1. The highest BCUT2D eigenvalue weighted by molar-refractivity contribution is 7.80. The van der Waals surface area contributed by atoms with Gasteiger partial charge in [0.25, 0.3) is 0 Å². The molecule has 172 valence electrons. The average molecular weight is 512 g/mol. The second kappa shape index (κ2) is 10.7. The van der Waals surface area contributed by atoms with E-state index in [2.05, 4.69) is 15.6 Å². The lowest BCUT2D eigenvalue weighted by Crippen LogP contribution is -2.32. The lowest BCUT2D eigenvalue weighted by atomic mass is 10.2. The van der Waals surface area contributed by atoms with Gasteiger partial charge < -0.3 is 14.5 Å². The number of halogens is 2. The van der Waals surface area contributed by atoms with Crippen LogP contribution in [0.5, 0.6) is 5.75 Å². The normalized spacial score (nSPS) is 11.0. The number of oxazole rings is 1. The van der Waals surface area contributed by atoms with E-state index in [4.69, 9.17) is 44.6 Å². The third-order valence-corrected chi connectivity index (χ3v) is 5.44. The van der Waals surface area contributed by atoms with E-state index < -0.39 is 5.91 Å². The van der Waals surface area contributed by atoms with Gasteiger partial charge in [0, 0.05) is 27.4 Å². The van der Waals surface area contributed by atoms with E-state index in [0.29, 0.717) is 44.9 Å². The number of hydrogen-bond donors (Lipinski definition) is 2. The standard InChI is InChI=1S/C25H19Cl2N3O3S/c1-2-32-19-9-4-16(5-10-19)24-29-21-14-18(8-11-22(21)33-24)28-25(34)30-23(31)12-6-15-3-7-17(26)13-20(15)27/h3-14H,2H2,1H3,(H2,28,30,31,34)/b12-6+. The molecule has 1 amide bonds. The molecule has 4 rings (SSSR count). The van der Waals surface area contributed by atoms with Crippen LogP contribution < -0.4 is 15.4 Å². The molecule has 0 bridgehead atoms. The predicted molar refractivity (Wildman–Crippen MR) is 140 cm³/mol. The fourth-order valence-corrected chi connectivity index (χ4v) is 3.80. The second-order valence-electron chi connectivity index (χ2n) is 7.10. The maximum absolute atomic E-state index is 12.2. The van der Waals surface area contributed by atoms with E-state index in [1.54, 1.807) is 42.5 Å². The Kier molecular flexibility index (Phi) is 7.47. The summed E-state index contributed by atoms with van der Waals surface area (Å²) in [7, 11) is 0. The molecule has 2 N–H and O–H groups in total. The molecule has 0 saturated heterocycles. The Labute approximate surface area is 211 Å². The van der Waals surface area contributed by atoms with Crippen molar-refractivity contribution in [1.29, 1.82) is 0 Å². The van der Waals surface area contributed by atoms with Crippen LogP contribution in [0.2, 0.25) is 10.0 Å². The quantitative estimate of drug-likeness (QED) is 0.221. The zero-order valence-corrected chi connectivity index (χ0v) is 20.3. The molecule has 0 aliphatic carbocycles. The topological polar surface area (TPSA) is 76.4 Å². The molecule has 1 heterocycles. The number of benzene rings is 3. The number of fused-ring (bicyclic) bond motifs is 1. The summed E-state index contributed by atoms with van der Waals surface area (Å²) in [5.41, 5.74) is 3.45. The highest BCUT2D eigenvalue weighted by atomic mass is 35.5. The van der Waals surface area contributed by atoms with E-state index in [9.17, 15) is 4.79 Å². The number of carbonyl (C=O) groups is 1. The van der Waals surface area contributed by atoms with Crippen molar-refractivity contribution < 1.29 is 13.9 Å². The van der Waals surface area contributed by atoms with E-state index in [1.165, 1.54) is 6.08 Å². The zero-order chi connectivity index (χ0) is 24.1. The van der Waals surface area contributed by atoms with Crippen molar-refractivity contribution >= 4 is 69.3 Å². The van der Waals surface area contributed by atoms with E-state index in [1.807, 2.05) is 31.2 Å². The first-order valence-corrected chi connectivity index (χ1v) is 11.5. The molecule has 0 aliphatic rings. The zero-order valence-electron chi connectivity index (χ0n) is 18.0. The van der Waals surface area contributed by atoms with Gasteiger partial charge in [0.1, 0.15) is 11.3 Å². The van der Waals surface area contributed by atoms with Crippen molar-refractivity contribution in [1.82, 2.24) is 10.3 Å². The molecule has 1 aromatic heterocycles. The molecule has 34 heavy (non-hydrogen) atoms. The summed E-state index contributed by atoms with van der Waals surface area (Å²) in [5, 5.41) is 6.68. The third kappa shape index (κ3) is 5.94. The van der Waals surface area contributed by atoms with Crippen LogP contribution in [0.1, 0.15) is 12.5 Å². The Morgan fingerprint density at radius 3 is 2.65 bits per heavy atom. The van der Waals surface area contributed by atoms with E-state index in [-0.39, 0.29) is 5.11 Å². The van der Waals surface area contributed by atoms with Crippen LogP contribution in [-0.4, -0.2) is 22.6 Å². The number of anilines is 1. The van der Waals surface area contributed by atoms with Gasteiger partial charge in [-0.05, 0) is 85.4 Å². The Balaban J connectivity index is 1.40. The highest BCUT2D eigenvalue weighted by Crippen LogP contribution is 2.27. The van der Waals surface area contributed by atoms with Crippen LogP contribution in [0.4, 0.5) is 5.69 Å². The number of carbonyl (C=O) groups excluding carboxylic acids is 1. The largest absolute Gasteiger partial charge is 0.494 e. The van der Waals surface area contributed by atoms with Gasteiger partial charge in [0.2, 0.25) is 11.8 Å². The molecule has 0 saturated carbocycles. The van der Waals surface area contributed by atoms with E-state index >= 15 is 0 Å². The Morgan fingerprint density at radius 2 is 1.91 bits per heavy atom. The van der Waals surface area contributed by atoms with Crippen LogP contribution in [0, 0.1) is 0 Å². The number of nitrogens with zero attached hydrogens (tertiary/aromatic N) is 1. The first kappa shape index (κ1) is 23.8. The van der Waals surface area contributed by atoms with Gasteiger partial charge in [-0.3, -0.25) is 10.1 Å². The maximum Gasteiger partial charge on any atom is 0.250 e. The van der Waals surface area contributed by atoms with Crippen molar-refractivity contribution in [3.63, 3.8) is 0 Å². The van der Waals surface area contributed by atoms with Gasteiger partial charge in [-0.25, -0.2) is 4.98 Å². The minimum absolute atomic E-state index is 0.145. The van der Waals surface area contributed by atoms with Crippen LogP contribution >= 0.6 is 35.4 Å². The Hall–Kier alpha value is -3.39. The van der Waals surface area contributed by atoms with Gasteiger partial charge in [0.05, 0.1) is 6.61 Å². The van der Waals surface area contributed by atoms with Gasteiger partial charge >= 0.3 is 0 Å². The molecule has 0 unspecified atom stereocenters. The minimum atomic E-state index is -0.399. The van der Waals surface area contributed by atoms with Gasteiger partial charge in [-0.1, -0.05) is 29.3 Å². The van der Waals surface area contributed by atoms with Crippen LogP contribution in [0.25, 0.3) is 28.6 Å². The second-order valence-corrected chi connectivity index (χ2v) is 8.35. The van der Waals surface area contributed by atoms with Crippen molar-refractivity contribution in [2.45, 2.75) is 6.92 Å². The van der Waals surface area contributed by atoms with Crippen LogP contribution in [-0.2, 0) is 4.79 Å². The van der Waals surface area contributed by atoms with Crippen LogP contribution in [0.3, 0.4) is 0 Å². The number of ether oxygens (including phenoxy) is 1. The predicted octanol–water partition coefficient (Wildman–Crippen LogP) is 6.73. The summed E-state index contributed by atoms with van der Waals surface area (Å²) >= 11 is 17.2. The Morgan fingerprint density at radius 1 is 1.12 bits per heavy atom. The maximum atomic E-state index is 12.2. The summed E-state index contributed by atoms with van der Waals surface area (Å²) in [6, 6.07) is 17.9. The number of amides is 1. The monoisotopic (exact) mass is 511 g/mol. The molecule has 0 aliphatic heterocycles. The van der Waals surface area contributed by atoms with Crippen molar-refractivity contribution in [3.8, 4) is 17.2 Å². The molecule has 0 atom stereocenters. The number of thiocarbonyl (C=S) groups is 1. The van der Waals surface area contributed by atoms with Gasteiger partial charge in [0.15, 0.2) is 10.7 Å². The van der Waals surface area contributed by atoms with Gasteiger partial charge in [-0.2, -0.15) is 0 Å². The van der Waals surface area contributed by atoms with Crippen LogP contribution in [0.15, 0.2) is 71.2 Å². The van der Waals surface area contributed by atoms with Crippen molar-refractivity contribution in [2.24, 2.45) is 0 Å². The highest BCUT2D eigenvalue weighted by Gasteiger charge is 2.10. The molecule has 0 fully saturated rings. The summed E-state index contributed by atoms with van der Waals surface area (Å²) in [5.74, 6) is 0.886. The number of hydrogen-bond acceptors (Lipinski definition) is 5. The van der Waals surface area contributed by atoms with E-state index in [0.717, 1.165) is 11.3 Å². The molecule has 9 heteroatoms. The summed E-state index contributed by atoms with van der Waals surface area (Å²) < 4.78 is 11.3. The molecular formula is C25H19Cl2N3O3S. The molecule has 0 radical (unpaired) electrons. The Bertz CT molecular complexity index is 1380. The smallest absolute Gasteiger partial charge is 0.250 e. The van der Waals surface area contributed by atoms with Crippen molar-refractivity contribution in [3.05, 3.63) is 82.3 Å².